The molecule has 0 radical (unpaired) electrons. The Morgan fingerprint density at radius 3 is 2.68 bits per heavy atom. The number of hydrogen-bond acceptors (Lipinski definition) is 2. The zero-order valence-electron chi connectivity index (χ0n) is 13.0. The predicted octanol–water partition coefficient (Wildman–Crippen LogP) is 3.64. The Labute approximate surface area is 132 Å². The normalized spacial score (nSPS) is 13.0. The molecule has 3 heteroatoms. The monoisotopic (exact) mass is 294 g/mol. The van der Waals surface area contributed by atoms with Crippen molar-refractivity contribution in [2.24, 2.45) is 0 Å². The van der Waals surface area contributed by atoms with Crippen molar-refractivity contribution in [1.82, 2.24) is 0 Å². The van der Waals surface area contributed by atoms with E-state index in [0.717, 1.165) is 37.2 Å². The maximum absolute atomic E-state index is 12.4. The molecule has 0 unspecified atom stereocenters. The molecular weight excluding hydrogens is 272 g/mol. The van der Waals surface area contributed by atoms with E-state index in [2.05, 4.69) is 42.6 Å². The molecule has 0 spiro atoms. The summed E-state index contributed by atoms with van der Waals surface area (Å²) >= 11 is 0. The van der Waals surface area contributed by atoms with Crippen molar-refractivity contribution >= 4 is 17.3 Å². The molecule has 1 aliphatic rings. The first-order valence-electron chi connectivity index (χ1n) is 7.99. The highest BCUT2D eigenvalue weighted by Gasteiger charge is 2.23. The molecule has 0 aliphatic carbocycles. The lowest BCUT2D eigenvalue weighted by molar-refractivity contribution is -0.116. The zero-order chi connectivity index (χ0) is 15.4. The van der Waals surface area contributed by atoms with E-state index in [-0.39, 0.29) is 5.91 Å². The number of benzene rings is 2. The van der Waals surface area contributed by atoms with Crippen molar-refractivity contribution in [3.05, 3.63) is 59.7 Å². The van der Waals surface area contributed by atoms with Gasteiger partial charge in [0.05, 0.1) is 6.54 Å². The number of carbonyl (C=O) groups excluding carboxylic acids is 1. The summed E-state index contributed by atoms with van der Waals surface area (Å²) in [5, 5.41) is 3.23. The molecule has 22 heavy (non-hydrogen) atoms. The molecule has 0 saturated carbocycles. The van der Waals surface area contributed by atoms with E-state index in [1.807, 2.05) is 23.1 Å². The highest BCUT2D eigenvalue weighted by atomic mass is 16.2. The molecule has 3 rings (SSSR count). The smallest absolute Gasteiger partial charge is 0.246 e. The Bertz CT molecular complexity index is 649. The average Bonchev–Trinajstić information content (AvgIpc) is 2.98. The van der Waals surface area contributed by atoms with Gasteiger partial charge in [-0.3, -0.25) is 4.79 Å². The molecule has 1 aliphatic heterocycles. The summed E-state index contributed by atoms with van der Waals surface area (Å²) in [7, 11) is 0. The summed E-state index contributed by atoms with van der Waals surface area (Å²) in [5.74, 6) is 0.127. The van der Waals surface area contributed by atoms with Crippen molar-refractivity contribution < 1.29 is 4.79 Å². The highest BCUT2D eigenvalue weighted by Crippen LogP contribution is 2.27. The van der Waals surface area contributed by atoms with Gasteiger partial charge < -0.3 is 10.2 Å². The van der Waals surface area contributed by atoms with Crippen LogP contribution in [-0.4, -0.2) is 19.0 Å². The number of carbonyl (C=O) groups is 1. The number of nitrogens with zero attached hydrogens (tertiary/aromatic N) is 1. The predicted molar refractivity (Wildman–Crippen MR) is 91.4 cm³/mol. The van der Waals surface area contributed by atoms with Crippen LogP contribution < -0.4 is 10.2 Å². The molecule has 1 amide bonds. The van der Waals surface area contributed by atoms with Gasteiger partial charge in [-0.15, -0.1) is 0 Å². The molecular formula is C19H22N2O. The number of para-hydroxylation sites is 1. The van der Waals surface area contributed by atoms with E-state index in [1.54, 1.807) is 0 Å². The molecule has 1 heterocycles. The number of hydrogen-bond donors (Lipinski definition) is 1. The minimum atomic E-state index is 0.127. The highest BCUT2D eigenvalue weighted by molar-refractivity contribution is 5.97. The fourth-order valence-corrected chi connectivity index (χ4v) is 2.95. The standard InChI is InChI=1S/C19H22N2O/c1-2-5-15-8-10-17(11-9-15)20-14-19(22)21-13-12-16-6-3-4-7-18(16)21/h3-4,6-11,20H,2,5,12-14H2,1H3. The van der Waals surface area contributed by atoms with Gasteiger partial charge in [0.2, 0.25) is 5.91 Å². The minimum absolute atomic E-state index is 0.127. The van der Waals surface area contributed by atoms with Gasteiger partial charge in [-0.2, -0.15) is 0 Å². The maximum Gasteiger partial charge on any atom is 0.246 e. The zero-order valence-corrected chi connectivity index (χ0v) is 13.0. The second kappa shape index (κ2) is 6.65. The van der Waals surface area contributed by atoms with Crippen LogP contribution in [0.3, 0.4) is 0 Å². The Morgan fingerprint density at radius 1 is 1.14 bits per heavy atom. The lowest BCUT2D eigenvalue weighted by Gasteiger charge is -2.18. The van der Waals surface area contributed by atoms with Crippen LogP contribution in [0.5, 0.6) is 0 Å². The number of fused-ring (bicyclic) bond motifs is 1. The molecule has 0 saturated heterocycles. The summed E-state index contributed by atoms with van der Waals surface area (Å²) in [6.45, 7) is 3.30. The van der Waals surface area contributed by atoms with Crippen LogP contribution >= 0.6 is 0 Å². The Kier molecular flexibility index (Phi) is 4.42. The second-order valence-corrected chi connectivity index (χ2v) is 5.72. The first-order chi connectivity index (χ1) is 10.8. The molecule has 0 bridgehead atoms. The summed E-state index contributed by atoms with van der Waals surface area (Å²) < 4.78 is 0. The van der Waals surface area contributed by atoms with Gasteiger partial charge in [-0.25, -0.2) is 0 Å². The van der Waals surface area contributed by atoms with E-state index in [9.17, 15) is 4.79 Å². The van der Waals surface area contributed by atoms with Gasteiger partial charge >= 0.3 is 0 Å². The van der Waals surface area contributed by atoms with E-state index in [1.165, 1.54) is 11.1 Å². The summed E-state index contributed by atoms with van der Waals surface area (Å²) in [4.78, 5) is 14.3. The number of rotatable bonds is 5. The van der Waals surface area contributed by atoms with Crippen LogP contribution in [0.25, 0.3) is 0 Å². The first-order valence-corrected chi connectivity index (χ1v) is 7.99. The molecule has 0 aromatic heterocycles. The van der Waals surface area contributed by atoms with E-state index < -0.39 is 0 Å². The van der Waals surface area contributed by atoms with Crippen molar-refractivity contribution in [1.29, 1.82) is 0 Å². The van der Waals surface area contributed by atoms with E-state index in [4.69, 9.17) is 0 Å². The lowest BCUT2D eigenvalue weighted by Crippen LogP contribution is -2.34. The second-order valence-electron chi connectivity index (χ2n) is 5.72. The van der Waals surface area contributed by atoms with Gasteiger partial charge in [-0.05, 0) is 42.2 Å². The largest absolute Gasteiger partial charge is 0.376 e. The van der Waals surface area contributed by atoms with Crippen LogP contribution in [0.4, 0.5) is 11.4 Å². The topological polar surface area (TPSA) is 32.3 Å². The van der Waals surface area contributed by atoms with Gasteiger partial charge in [0.1, 0.15) is 0 Å². The molecule has 1 N–H and O–H groups in total. The van der Waals surface area contributed by atoms with Gasteiger partial charge in [-0.1, -0.05) is 43.7 Å². The van der Waals surface area contributed by atoms with Crippen molar-refractivity contribution in [3.63, 3.8) is 0 Å². The van der Waals surface area contributed by atoms with Crippen LogP contribution in [0, 0.1) is 0 Å². The van der Waals surface area contributed by atoms with Gasteiger partial charge in [0, 0.05) is 17.9 Å². The number of nitrogens with one attached hydrogen (secondary N) is 1. The number of anilines is 2. The quantitative estimate of drug-likeness (QED) is 0.913. The van der Waals surface area contributed by atoms with Crippen molar-refractivity contribution in [3.8, 4) is 0 Å². The van der Waals surface area contributed by atoms with Crippen LogP contribution in [0.15, 0.2) is 48.5 Å². The molecule has 2 aromatic rings. The summed E-state index contributed by atoms with van der Waals surface area (Å²) in [6.07, 6.45) is 3.21. The molecule has 0 fully saturated rings. The van der Waals surface area contributed by atoms with E-state index >= 15 is 0 Å². The maximum atomic E-state index is 12.4. The summed E-state index contributed by atoms with van der Waals surface area (Å²) in [6, 6.07) is 16.5. The SMILES string of the molecule is CCCc1ccc(NCC(=O)N2CCc3ccccc32)cc1. The third-order valence-corrected chi connectivity index (χ3v) is 4.12. The Morgan fingerprint density at radius 2 is 1.91 bits per heavy atom. The fourth-order valence-electron chi connectivity index (χ4n) is 2.95. The van der Waals surface area contributed by atoms with E-state index in [0.29, 0.717) is 6.54 Å². The lowest BCUT2D eigenvalue weighted by atomic mass is 10.1. The molecule has 2 aromatic carbocycles. The first kappa shape index (κ1) is 14.6. The van der Waals surface area contributed by atoms with Gasteiger partial charge in [0.25, 0.3) is 0 Å². The van der Waals surface area contributed by atoms with Gasteiger partial charge in [0.15, 0.2) is 0 Å². The number of amides is 1. The minimum Gasteiger partial charge on any atom is -0.376 e. The Hall–Kier alpha value is -2.29. The van der Waals surface area contributed by atoms with Crippen molar-refractivity contribution in [2.45, 2.75) is 26.2 Å². The molecule has 0 atom stereocenters. The van der Waals surface area contributed by atoms with Crippen LogP contribution in [-0.2, 0) is 17.6 Å². The van der Waals surface area contributed by atoms with Crippen molar-refractivity contribution in [2.75, 3.05) is 23.3 Å². The van der Waals surface area contributed by atoms with Crippen LogP contribution in [0.1, 0.15) is 24.5 Å². The average molecular weight is 294 g/mol. The molecule has 3 nitrogen and oxygen atoms in total. The number of aryl methyl sites for hydroxylation is 1. The fraction of sp³-hybridized carbons (Fsp3) is 0.316. The third kappa shape index (κ3) is 3.14. The molecule has 114 valence electrons. The third-order valence-electron chi connectivity index (χ3n) is 4.12. The Balaban J connectivity index is 1.59. The van der Waals surface area contributed by atoms with Crippen LogP contribution in [0.2, 0.25) is 0 Å². The summed E-state index contributed by atoms with van der Waals surface area (Å²) in [5.41, 5.74) is 4.67.